The van der Waals surface area contributed by atoms with Crippen LogP contribution < -0.4 is 27.9 Å². The van der Waals surface area contributed by atoms with Crippen molar-refractivity contribution >= 4 is 11.6 Å². The minimum atomic E-state index is -4.94. The monoisotopic (exact) mass is 517 g/mol. The normalized spacial score (nSPS) is 13.9. The highest BCUT2D eigenvalue weighted by molar-refractivity contribution is 5.85. The molecule has 0 saturated carbocycles. The van der Waals surface area contributed by atoms with Crippen LogP contribution >= 0.6 is 0 Å². The molecule has 190 valence electrons. The van der Waals surface area contributed by atoms with Crippen LogP contribution in [0.2, 0.25) is 0 Å². The number of benzene rings is 3. The summed E-state index contributed by atoms with van der Waals surface area (Å²) in [5.74, 6) is 0.888. The molecule has 1 aromatic heterocycles. The second kappa shape index (κ2) is 11.7. The molecule has 0 unspecified atom stereocenters. The zero-order valence-corrected chi connectivity index (χ0v) is 21.5. The summed E-state index contributed by atoms with van der Waals surface area (Å²) in [6.45, 7) is 0. The molecule has 1 heterocycles. The minimum Gasteiger partial charge on any atom is -0.497 e. The van der Waals surface area contributed by atoms with Gasteiger partial charge in [0.1, 0.15) is 12.8 Å². The van der Waals surface area contributed by atoms with Gasteiger partial charge in [0, 0.05) is 22.8 Å². The molecule has 3 aromatic carbocycles. The molecule has 5 rings (SSSR count). The third kappa shape index (κ3) is 6.83. The van der Waals surface area contributed by atoms with E-state index in [2.05, 4.69) is 96.6 Å². The summed E-state index contributed by atoms with van der Waals surface area (Å²) in [7, 11) is -1.02. The Bertz CT molecular complexity index is 1360. The first-order chi connectivity index (χ1) is 17.7. The van der Waals surface area contributed by atoms with Crippen molar-refractivity contribution in [3.05, 3.63) is 108 Å². The molecule has 6 nitrogen and oxygen atoms in total. The summed E-state index contributed by atoms with van der Waals surface area (Å²) in [5.41, 5.74) is 10.5. The molecule has 0 atom stereocenters. The molecule has 0 amide bonds. The van der Waals surface area contributed by atoms with Crippen molar-refractivity contribution in [2.24, 2.45) is 7.05 Å². The third-order valence-corrected chi connectivity index (χ3v) is 6.38. The number of hydrogen-bond acceptors (Lipinski definition) is 5. The number of ether oxygens (including phenoxy) is 1. The molecule has 4 aromatic rings. The maximum Gasteiger partial charge on any atom is 0.213 e. The highest BCUT2D eigenvalue weighted by Crippen LogP contribution is 2.38. The lowest BCUT2D eigenvalue weighted by molar-refractivity contribution is -2.00. The van der Waals surface area contributed by atoms with Gasteiger partial charge < -0.3 is 4.74 Å². The highest BCUT2D eigenvalue weighted by Gasteiger charge is 2.29. The van der Waals surface area contributed by atoms with Gasteiger partial charge in [-0.25, -0.2) is 18.6 Å². The summed E-state index contributed by atoms with van der Waals surface area (Å²) in [4.78, 5) is 0. The standard InChI is InChI=1S/C30H28NO.ClHO4/c1-31-29(24-12-7-4-8-13-24)21-28(23-10-5-3-6-11-23)27-15-9-14-25(30(27)31)20-22-16-18-26(32-2)19-17-22;2-1(3,4)5/h3-8,10-13,16-21H,9,14-15H2,1-2H3;(H,2,3,4,5)/q+1;/p-1. The molecule has 1 aliphatic carbocycles. The van der Waals surface area contributed by atoms with Gasteiger partial charge in [-0.2, -0.15) is 4.57 Å². The van der Waals surface area contributed by atoms with Gasteiger partial charge in [-0.1, -0.05) is 60.7 Å². The van der Waals surface area contributed by atoms with Crippen LogP contribution in [0.4, 0.5) is 0 Å². The molecule has 1 aliphatic rings. The lowest BCUT2D eigenvalue weighted by Crippen LogP contribution is -2.68. The summed E-state index contributed by atoms with van der Waals surface area (Å²) in [5, 5.41) is 0. The SMILES string of the molecule is COc1ccc(C=C2CCCc3c(-c4ccccc4)cc(-c4ccccc4)[n+](C)c32)cc1.[O-][Cl+3]([O-])([O-])[O-]. The predicted molar refractivity (Wildman–Crippen MR) is 132 cm³/mol. The number of halogens is 1. The molecular weight excluding hydrogens is 490 g/mol. The van der Waals surface area contributed by atoms with Crippen molar-refractivity contribution in [2.75, 3.05) is 7.11 Å². The van der Waals surface area contributed by atoms with Crippen molar-refractivity contribution in [3.63, 3.8) is 0 Å². The van der Waals surface area contributed by atoms with E-state index in [9.17, 15) is 0 Å². The fraction of sp³-hybridized carbons (Fsp3) is 0.167. The zero-order valence-electron chi connectivity index (χ0n) is 20.7. The van der Waals surface area contributed by atoms with E-state index in [0.717, 1.165) is 18.6 Å². The predicted octanol–water partition coefficient (Wildman–Crippen LogP) is 1.97. The highest BCUT2D eigenvalue weighted by atomic mass is 35.7. The van der Waals surface area contributed by atoms with Gasteiger partial charge in [-0.15, -0.1) is 10.2 Å². The Morgan fingerprint density at radius 2 is 1.35 bits per heavy atom. The third-order valence-electron chi connectivity index (χ3n) is 6.38. The Balaban J connectivity index is 0.000000586. The molecule has 0 bridgehead atoms. The number of hydrogen-bond donors (Lipinski definition) is 0. The first kappa shape index (κ1) is 26.5. The number of methoxy groups -OCH3 is 1. The van der Waals surface area contributed by atoms with Gasteiger partial charge in [-0.3, -0.25) is 0 Å². The number of allylic oxidation sites excluding steroid dienone is 1. The Kier molecular flexibility index (Phi) is 8.38. The topological polar surface area (TPSA) is 105 Å². The van der Waals surface area contributed by atoms with E-state index in [1.807, 2.05) is 12.1 Å². The molecule has 7 heteroatoms. The van der Waals surface area contributed by atoms with Gasteiger partial charge in [0.05, 0.1) is 7.11 Å². The van der Waals surface area contributed by atoms with Crippen molar-refractivity contribution in [1.82, 2.24) is 0 Å². The maximum atomic E-state index is 8.49. The quantitative estimate of drug-likeness (QED) is 0.385. The van der Waals surface area contributed by atoms with E-state index in [4.69, 9.17) is 23.4 Å². The number of aromatic nitrogens is 1. The lowest BCUT2D eigenvalue weighted by atomic mass is 9.84. The van der Waals surface area contributed by atoms with E-state index in [1.165, 1.54) is 51.2 Å². The molecule has 0 spiro atoms. The summed E-state index contributed by atoms with van der Waals surface area (Å²) in [6, 6.07) is 32.2. The van der Waals surface area contributed by atoms with Crippen LogP contribution in [-0.2, 0) is 13.5 Å². The van der Waals surface area contributed by atoms with Gasteiger partial charge in [0.15, 0.2) is 0 Å². The van der Waals surface area contributed by atoms with Crippen LogP contribution in [0.3, 0.4) is 0 Å². The second-order valence-electron chi connectivity index (χ2n) is 8.74. The zero-order chi connectivity index (χ0) is 26.4. The van der Waals surface area contributed by atoms with Crippen LogP contribution in [0.1, 0.15) is 29.7 Å². The van der Waals surface area contributed by atoms with Crippen molar-refractivity contribution < 1.29 is 38.2 Å². The molecule has 0 fully saturated rings. The maximum absolute atomic E-state index is 8.49. The molecule has 0 aliphatic heterocycles. The molecule has 0 radical (unpaired) electrons. The smallest absolute Gasteiger partial charge is 0.213 e. The summed E-state index contributed by atoms with van der Waals surface area (Å²) >= 11 is 0. The number of pyridine rings is 1. The number of rotatable bonds is 4. The average Bonchev–Trinajstić information content (AvgIpc) is 2.89. The van der Waals surface area contributed by atoms with Crippen LogP contribution in [0.5, 0.6) is 5.75 Å². The molecule has 37 heavy (non-hydrogen) atoms. The molecule has 0 N–H and O–H groups in total. The lowest BCUT2D eigenvalue weighted by Gasteiger charge is -2.21. The number of fused-ring (bicyclic) bond motifs is 1. The fourth-order valence-corrected chi connectivity index (χ4v) is 4.81. The minimum absolute atomic E-state index is 0.888. The first-order valence-corrected chi connectivity index (χ1v) is 13.1. The Morgan fingerprint density at radius 3 is 1.92 bits per heavy atom. The van der Waals surface area contributed by atoms with E-state index in [0.29, 0.717) is 0 Å². The van der Waals surface area contributed by atoms with E-state index in [-0.39, 0.29) is 0 Å². The average molecular weight is 518 g/mol. The second-order valence-corrected chi connectivity index (χ2v) is 9.49. The van der Waals surface area contributed by atoms with Crippen LogP contribution in [-0.4, -0.2) is 7.11 Å². The van der Waals surface area contributed by atoms with E-state index >= 15 is 0 Å². The number of nitrogens with zero attached hydrogens (tertiary/aromatic N) is 1. The summed E-state index contributed by atoms with van der Waals surface area (Å²) in [6.07, 6.45) is 5.70. The Morgan fingerprint density at radius 1 is 0.784 bits per heavy atom. The van der Waals surface area contributed by atoms with Crippen LogP contribution in [0, 0.1) is 10.2 Å². The molecule has 0 saturated heterocycles. The largest absolute Gasteiger partial charge is 0.497 e. The van der Waals surface area contributed by atoms with Crippen LogP contribution in [0.15, 0.2) is 91.0 Å². The fourth-order valence-electron chi connectivity index (χ4n) is 4.81. The summed E-state index contributed by atoms with van der Waals surface area (Å²) < 4.78 is 41.7. The molecular formula is C30H28ClNO5. The van der Waals surface area contributed by atoms with Gasteiger partial charge in [0.25, 0.3) is 0 Å². The first-order valence-electron chi connectivity index (χ1n) is 11.9. The van der Waals surface area contributed by atoms with E-state index < -0.39 is 10.2 Å². The van der Waals surface area contributed by atoms with Gasteiger partial charge in [-0.05, 0) is 66.3 Å². The van der Waals surface area contributed by atoms with Crippen LogP contribution in [0.25, 0.3) is 34.0 Å². The van der Waals surface area contributed by atoms with Crippen molar-refractivity contribution in [3.8, 4) is 28.1 Å². The van der Waals surface area contributed by atoms with Crippen molar-refractivity contribution in [2.45, 2.75) is 19.3 Å². The van der Waals surface area contributed by atoms with Gasteiger partial charge in [0.2, 0.25) is 11.4 Å². The Labute approximate surface area is 219 Å². The van der Waals surface area contributed by atoms with Gasteiger partial charge >= 0.3 is 0 Å². The Hall–Kier alpha value is -3.52. The van der Waals surface area contributed by atoms with Crippen molar-refractivity contribution in [1.29, 1.82) is 0 Å². The van der Waals surface area contributed by atoms with E-state index in [1.54, 1.807) is 7.11 Å².